The first-order valence-corrected chi connectivity index (χ1v) is 8.32. The van der Waals surface area contributed by atoms with Crippen LogP contribution in [0.4, 0.5) is 4.39 Å². The zero-order valence-electron chi connectivity index (χ0n) is 13.2. The van der Waals surface area contributed by atoms with E-state index in [0.29, 0.717) is 17.4 Å². The summed E-state index contributed by atoms with van der Waals surface area (Å²) in [6, 6.07) is 7.99. The van der Waals surface area contributed by atoms with Crippen molar-refractivity contribution < 1.29 is 4.39 Å². The molecule has 2 aliphatic heterocycles. The number of piperidine rings is 2. The van der Waals surface area contributed by atoms with Crippen LogP contribution in [-0.4, -0.2) is 37.1 Å². The summed E-state index contributed by atoms with van der Waals surface area (Å²) in [6.45, 7) is 8.85. The Labute approximate surface area is 127 Å². The maximum Gasteiger partial charge on any atom is 0.126 e. The Hall–Kier alpha value is -0.930. The lowest BCUT2D eigenvalue weighted by atomic mass is 9.62. The molecule has 0 bridgehead atoms. The second-order valence-electron chi connectivity index (χ2n) is 7.02. The van der Waals surface area contributed by atoms with E-state index in [1.165, 1.54) is 19.3 Å². The summed E-state index contributed by atoms with van der Waals surface area (Å²) in [7, 11) is 0. The van der Waals surface area contributed by atoms with E-state index in [9.17, 15) is 4.39 Å². The van der Waals surface area contributed by atoms with Crippen molar-refractivity contribution in [2.75, 3.05) is 26.2 Å². The highest BCUT2D eigenvalue weighted by molar-refractivity contribution is 5.26. The highest BCUT2D eigenvalue weighted by Crippen LogP contribution is 2.49. The van der Waals surface area contributed by atoms with Gasteiger partial charge in [0.15, 0.2) is 0 Å². The summed E-state index contributed by atoms with van der Waals surface area (Å²) in [5, 5.41) is 3.49. The van der Waals surface area contributed by atoms with Crippen molar-refractivity contribution in [1.29, 1.82) is 0 Å². The molecule has 1 N–H and O–H groups in total. The molecule has 0 amide bonds. The van der Waals surface area contributed by atoms with Crippen molar-refractivity contribution in [3.05, 3.63) is 35.6 Å². The standard InChI is InChI=1S/C18H27FN2/c1-14(2)21-11-8-18(9-12-21)7-10-20-13-16(18)15-5-3-4-6-17(15)19/h3-6,14,16,20H,7-13H2,1-2H3. The fraction of sp³-hybridized carbons (Fsp3) is 0.667. The Balaban J connectivity index is 1.84. The lowest BCUT2D eigenvalue weighted by molar-refractivity contribution is 0.0396. The van der Waals surface area contributed by atoms with Crippen LogP contribution in [0.25, 0.3) is 0 Å². The van der Waals surface area contributed by atoms with Gasteiger partial charge in [0.2, 0.25) is 0 Å². The van der Waals surface area contributed by atoms with Gasteiger partial charge in [-0.05, 0) is 69.8 Å². The molecule has 2 aliphatic rings. The number of rotatable bonds is 2. The van der Waals surface area contributed by atoms with E-state index < -0.39 is 0 Å². The SMILES string of the molecule is CC(C)N1CCC2(CCNCC2c2ccccc2F)CC1. The molecule has 0 aromatic heterocycles. The molecule has 1 aromatic carbocycles. The van der Waals surface area contributed by atoms with Gasteiger partial charge in [-0.3, -0.25) is 0 Å². The predicted molar refractivity (Wildman–Crippen MR) is 85.0 cm³/mol. The van der Waals surface area contributed by atoms with Crippen LogP contribution in [0.3, 0.4) is 0 Å². The van der Waals surface area contributed by atoms with Gasteiger partial charge in [-0.25, -0.2) is 4.39 Å². The first-order chi connectivity index (χ1) is 10.1. The Bertz CT molecular complexity index is 478. The Morgan fingerprint density at radius 1 is 1.19 bits per heavy atom. The van der Waals surface area contributed by atoms with E-state index in [1.54, 1.807) is 12.1 Å². The molecule has 0 radical (unpaired) electrons. The van der Waals surface area contributed by atoms with Crippen molar-refractivity contribution in [2.45, 2.75) is 45.1 Å². The maximum absolute atomic E-state index is 14.3. The first-order valence-electron chi connectivity index (χ1n) is 8.32. The highest BCUT2D eigenvalue weighted by atomic mass is 19.1. The van der Waals surface area contributed by atoms with Gasteiger partial charge in [-0.2, -0.15) is 0 Å². The molecule has 21 heavy (non-hydrogen) atoms. The molecular formula is C18H27FN2. The van der Waals surface area contributed by atoms with Crippen LogP contribution in [0.15, 0.2) is 24.3 Å². The maximum atomic E-state index is 14.3. The topological polar surface area (TPSA) is 15.3 Å². The summed E-state index contributed by atoms with van der Waals surface area (Å²) in [5.74, 6) is 0.290. The molecule has 2 fully saturated rings. The normalized spacial score (nSPS) is 26.4. The van der Waals surface area contributed by atoms with Gasteiger partial charge >= 0.3 is 0 Å². The second-order valence-corrected chi connectivity index (χ2v) is 7.02. The fourth-order valence-corrected chi connectivity index (χ4v) is 4.26. The van der Waals surface area contributed by atoms with Crippen molar-refractivity contribution >= 4 is 0 Å². The van der Waals surface area contributed by atoms with E-state index in [4.69, 9.17) is 0 Å². The van der Waals surface area contributed by atoms with Gasteiger partial charge in [0.25, 0.3) is 0 Å². The summed E-state index contributed by atoms with van der Waals surface area (Å²) in [6.07, 6.45) is 3.58. The minimum absolute atomic E-state index is 0.0307. The molecule has 1 unspecified atom stereocenters. The largest absolute Gasteiger partial charge is 0.316 e. The monoisotopic (exact) mass is 290 g/mol. The molecule has 0 aliphatic carbocycles. The average molecular weight is 290 g/mol. The molecule has 3 rings (SSSR count). The molecular weight excluding hydrogens is 263 g/mol. The van der Waals surface area contributed by atoms with E-state index >= 15 is 0 Å². The van der Waals surface area contributed by atoms with Gasteiger partial charge in [0, 0.05) is 18.5 Å². The zero-order chi connectivity index (χ0) is 14.9. The van der Waals surface area contributed by atoms with Crippen LogP contribution in [0.1, 0.15) is 44.6 Å². The average Bonchev–Trinajstić information content (AvgIpc) is 2.49. The minimum Gasteiger partial charge on any atom is -0.316 e. The molecule has 0 saturated carbocycles. The van der Waals surface area contributed by atoms with E-state index in [0.717, 1.165) is 31.7 Å². The van der Waals surface area contributed by atoms with Crippen molar-refractivity contribution in [2.24, 2.45) is 5.41 Å². The molecule has 1 aromatic rings. The van der Waals surface area contributed by atoms with E-state index in [1.807, 2.05) is 12.1 Å². The van der Waals surface area contributed by atoms with Crippen LogP contribution < -0.4 is 5.32 Å². The number of hydrogen-bond acceptors (Lipinski definition) is 2. The third-order valence-electron chi connectivity index (χ3n) is 5.69. The third kappa shape index (κ3) is 2.86. The van der Waals surface area contributed by atoms with Gasteiger partial charge in [-0.15, -0.1) is 0 Å². The third-order valence-corrected chi connectivity index (χ3v) is 5.69. The van der Waals surface area contributed by atoms with Crippen molar-refractivity contribution in [3.63, 3.8) is 0 Å². The van der Waals surface area contributed by atoms with Crippen LogP contribution in [0.5, 0.6) is 0 Å². The van der Waals surface area contributed by atoms with Crippen LogP contribution in [-0.2, 0) is 0 Å². The molecule has 2 nitrogen and oxygen atoms in total. The minimum atomic E-state index is -0.0307. The number of hydrogen-bond donors (Lipinski definition) is 1. The second kappa shape index (κ2) is 6.05. The summed E-state index contributed by atoms with van der Waals surface area (Å²) < 4.78 is 14.3. The van der Waals surface area contributed by atoms with Crippen molar-refractivity contribution in [1.82, 2.24) is 10.2 Å². The summed E-state index contributed by atoms with van der Waals surface area (Å²) in [5.41, 5.74) is 1.21. The first kappa shape index (κ1) is 15.0. The number of halogens is 1. The number of nitrogens with one attached hydrogen (secondary N) is 1. The quantitative estimate of drug-likeness (QED) is 0.898. The molecule has 1 spiro atoms. The van der Waals surface area contributed by atoms with Crippen LogP contribution >= 0.6 is 0 Å². The van der Waals surface area contributed by atoms with Gasteiger partial charge in [0.1, 0.15) is 5.82 Å². The molecule has 3 heteroatoms. The lowest BCUT2D eigenvalue weighted by Crippen LogP contribution is -2.51. The van der Waals surface area contributed by atoms with E-state index in [-0.39, 0.29) is 5.82 Å². The Morgan fingerprint density at radius 2 is 1.90 bits per heavy atom. The summed E-state index contributed by atoms with van der Waals surface area (Å²) >= 11 is 0. The van der Waals surface area contributed by atoms with Crippen LogP contribution in [0, 0.1) is 11.2 Å². The van der Waals surface area contributed by atoms with Gasteiger partial charge in [-0.1, -0.05) is 18.2 Å². The lowest BCUT2D eigenvalue weighted by Gasteiger charge is -2.50. The molecule has 2 heterocycles. The number of nitrogens with zero attached hydrogens (tertiary/aromatic N) is 1. The summed E-state index contributed by atoms with van der Waals surface area (Å²) in [4.78, 5) is 2.56. The van der Waals surface area contributed by atoms with Gasteiger partial charge in [0.05, 0.1) is 0 Å². The Kier molecular flexibility index (Phi) is 4.32. The highest BCUT2D eigenvalue weighted by Gasteiger charge is 2.44. The van der Waals surface area contributed by atoms with Crippen molar-refractivity contribution in [3.8, 4) is 0 Å². The predicted octanol–water partition coefficient (Wildman–Crippen LogP) is 3.39. The molecule has 2 saturated heterocycles. The number of benzene rings is 1. The zero-order valence-corrected chi connectivity index (χ0v) is 13.2. The van der Waals surface area contributed by atoms with Gasteiger partial charge < -0.3 is 10.2 Å². The molecule has 116 valence electrons. The molecule has 1 atom stereocenters. The van der Waals surface area contributed by atoms with Crippen LogP contribution in [0.2, 0.25) is 0 Å². The fourth-order valence-electron chi connectivity index (χ4n) is 4.26. The smallest absolute Gasteiger partial charge is 0.126 e. The Morgan fingerprint density at radius 3 is 2.57 bits per heavy atom. The number of likely N-dealkylation sites (tertiary alicyclic amines) is 1. The van der Waals surface area contributed by atoms with E-state index in [2.05, 4.69) is 24.1 Å².